The highest BCUT2D eigenvalue weighted by Crippen LogP contribution is 2.21. The van der Waals surface area contributed by atoms with Gasteiger partial charge >= 0.3 is 0 Å². The van der Waals surface area contributed by atoms with Gasteiger partial charge in [-0.2, -0.15) is 0 Å². The van der Waals surface area contributed by atoms with Gasteiger partial charge in [-0.25, -0.2) is 4.39 Å². The van der Waals surface area contributed by atoms with Gasteiger partial charge in [0.15, 0.2) is 0 Å². The maximum absolute atomic E-state index is 12.8. The van der Waals surface area contributed by atoms with E-state index >= 15 is 0 Å². The highest BCUT2D eigenvalue weighted by atomic mass is 79.9. The summed E-state index contributed by atoms with van der Waals surface area (Å²) in [5, 5.41) is 0. The van der Waals surface area contributed by atoms with Crippen LogP contribution in [0.3, 0.4) is 0 Å². The SMILES string of the molecule is NC/C=C/COc1ccc(F)c(Br)c1. The summed E-state index contributed by atoms with van der Waals surface area (Å²) in [6.07, 6.45) is 3.62. The number of rotatable bonds is 4. The van der Waals surface area contributed by atoms with Crippen LogP contribution < -0.4 is 10.5 Å². The molecule has 0 bridgehead atoms. The molecule has 0 atom stereocenters. The summed E-state index contributed by atoms with van der Waals surface area (Å²) < 4.78 is 18.5. The van der Waals surface area contributed by atoms with Crippen molar-refractivity contribution >= 4 is 15.9 Å². The predicted octanol–water partition coefficient (Wildman–Crippen LogP) is 2.48. The van der Waals surface area contributed by atoms with Crippen molar-refractivity contribution in [1.29, 1.82) is 0 Å². The zero-order valence-electron chi connectivity index (χ0n) is 7.54. The van der Waals surface area contributed by atoms with E-state index in [9.17, 15) is 4.39 Å². The van der Waals surface area contributed by atoms with Gasteiger partial charge in [-0.05, 0) is 34.1 Å². The topological polar surface area (TPSA) is 35.2 Å². The van der Waals surface area contributed by atoms with Gasteiger partial charge < -0.3 is 10.5 Å². The van der Waals surface area contributed by atoms with Crippen molar-refractivity contribution in [3.63, 3.8) is 0 Å². The molecule has 4 heteroatoms. The molecule has 76 valence electrons. The van der Waals surface area contributed by atoms with Crippen LogP contribution in [0.4, 0.5) is 4.39 Å². The molecule has 0 fully saturated rings. The molecular weight excluding hydrogens is 249 g/mol. The average molecular weight is 260 g/mol. The van der Waals surface area contributed by atoms with Crippen LogP contribution in [0.1, 0.15) is 0 Å². The van der Waals surface area contributed by atoms with Crippen molar-refractivity contribution in [2.24, 2.45) is 5.73 Å². The molecule has 0 radical (unpaired) electrons. The van der Waals surface area contributed by atoms with Crippen LogP contribution in [-0.4, -0.2) is 13.2 Å². The summed E-state index contributed by atoms with van der Waals surface area (Å²) >= 11 is 3.08. The fourth-order valence-electron chi connectivity index (χ4n) is 0.875. The monoisotopic (exact) mass is 259 g/mol. The first-order chi connectivity index (χ1) is 6.74. The molecule has 0 aromatic heterocycles. The summed E-state index contributed by atoms with van der Waals surface area (Å²) in [7, 11) is 0. The second-order valence-corrected chi connectivity index (χ2v) is 3.45. The Labute approximate surface area is 90.7 Å². The molecule has 1 rings (SSSR count). The molecule has 0 unspecified atom stereocenters. The lowest BCUT2D eigenvalue weighted by atomic mass is 10.3. The minimum atomic E-state index is -0.296. The molecule has 0 heterocycles. The van der Waals surface area contributed by atoms with Crippen molar-refractivity contribution in [1.82, 2.24) is 0 Å². The van der Waals surface area contributed by atoms with Crippen LogP contribution in [0.25, 0.3) is 0 Å². The minimum Gasteiger partial charge on any atom is -0.490 e. The van der Waals surface area contributed by atoms with E-state index in [-0.39, 0.29) is 5.82 Å². The highest BCUT2D eigenvalue weighted by Gasteiger charge is 1.99. The Bertz CT molecular complexity index is 328. The largest absolute Gasteiger partial charge is 0.490 e. The van der Waals surface area contributed by atoms with Gasteiger partial charge in [0.25, 0.3) is 0 Å². The number of nitrogens with two attached hydrogens (primary N) is 1. The first-order valence-corrected chi connectivity index (χ1v) is 4.96. The van der Waals surface area contributed by atoms with E-state index in [0.717, 1.165) is 0 Å². The van der Waals surface area contributed by atoms with Gasteiger partial charge in [0, 0.05) is 6.54 Å². The molecule has 0 aliphatic carbocycles. The number of hydrogen-bond donors (Lipinski definition) is 1. The summed E-state index contributed by atoms with van der Waals surface area (Å²) in [5.74, 6) is 0.329. The lowest BCUT2D eigenvalue weighted by molar-refractivity contribution is 0.361. The predicted molar refractivity (Wildman–Crippen MR) is 57.8 cm³/mol. The standard InChI is InChI=1S/C10H11BrFNO/c11-9-7-8(3-4-10(9)12)14-6-2-1-5-13/h1-4,7H,5-6,13H2/b2-1+. The van der Waals surface area contributed by atoms with E-state index in [2.05, 4.69) is 15.9 Å². The summed E-state index contributed by atoms with van der Waals surface area (Å²) in [5.41, 5.74) is 5.25. The van der Waals surface area contributed by atoms with E-state index in [1.54, 1.807) is 18.2 Å². The third-order valence-corrected chi connectivity index (χ3v) is 2.15. The van der Waals surface area contributed by atoms with Gasteiger partial charge in [0.2, 0.25) is 0 Å². The Kier molecular flexibility index (Phi) is 4.62. The average Bonchev–Trinajstić information content (AvgIpc) is 2.18. The molecule has 14 heavy (non-hydrogen) atoms. The van der Waals surface area contributed by atoms with Gasteiger partial charge in [-0.3, -0.25) is 0 Å². The summed E-state index contributed by atoms with van der Waals surface area (Å²) in [4.78, 5) is 0. The molecule has 2 N–H and O–H groups in total. The van der Waals surface area contributed by atoms with Crippen LogP contribution >= 0.6 is 15.9 Å². The van der Waals surface area contributed by atoms with Gasteiger partial charge in [0.05, 0.1) is 4.47 Å². The molecule has 0 saturated heterocycles. The second kappa shape index (κ2) is 5.78. The van der Waals surface area contributed by atoms with Crippen molar-refractivity contribution < 1.29 is 9.13 Å². The fraction of sp³-hybridized carbons (Fsp3) is 0.200. The van der Waals surface area contributed by atoms with E-state index in [1.807, 2.05) is 6.08 Å². The normalized spacial score (nSPS) is 10.8. The van der Waals surface area contributed by atoms with Crippen LogP contribution in [0.2, 0.25) is 0 Å². The first kappa shape index (κ1) is 11.2. The van der Waals surface area contributed by atoms with E-state index < -0.39 is 0 Å². The Balaban J connectivity index is 2.51. The number of halogens is 2. The van der Waals surface area contributed by atoms with Gasteiger partial charge in [-0.15, -0.1) is 0 Å². The molecule has 0 amide bonds. The molecule has 0 aliphatic heterocycles. The van der Waals surface area contributed by atoms with E-state index in [4.69, 9.17) is 10.5 Å². The summed E-state index contributed by atoms with van der Waals surface area (Å²) in [6, 6.07) is 4.52. The molecule has 1 aromatic rings. The number of hydrogen-bond acceptors (Lipinski definition) is 2. The fourth-order valence-corrected chi connectivity index (χ4v) is 1.23. The smallest absolute Gasteiger partial charge is 0.137 e. The molecule has 0 aliphatic rings. The molecule has 0 spiro atoms. The Morgan fingerprint density at radius 3 is 2.86 bits per heavy atom. The molecule has 1 aromatic carbocycles. The third kappa shape index (κ3) is 3.47. The van der Waals surface area contributed by atoms with Crippen molar-refractivity contribution in [3.05, 3.63) is 40.6 Å². The Hall–Kier alpha value is -0.870. The van der Waals surface area contributed by atoms with Gasteiger partial charge in [0.1, 0.15) is 18.2 Å². The lowest BCUT2D eigenvalue weighted by Gasteiger charge is -2.03. The second-order valence-electron chi connectivity index (χ2n) is 2.59. The van der Waals surface area contributed by atoms with Crippen LogP contribution in [-0.2, 0) is 0 Å². The van der Waals surface area contributed by atoms with E-state index in [0.29, 0.717) is 23.4 Å². The minimum absolute atomic E-state index is 0.296. The molecule has 2 nitrogen and oxygen atoms in total. The zero-order valence-corrected chi connectivity index (χ0v) is 9.13. The zero-order chi connectivity index (χ0) is 10.4. The maximum Gasteiger partial charge on any atom is 0.137 e. The van der Waals surface area contributed by atoms with Crippen LogP contribution in [0, 0.1) is 5.82 Å². The van der Waals surface area contributed by atoms with Crippen LogP contribution in [0.15, 0.2) is 34.8 Å². The van der Waals surface area contributed by atoms with Gasteiger partial charge in [-0.1, -0.05) is 12.2 Å². The van der Waals surface area contributed by atoms with Crippen molar-refractivity contribution in [2.45, 2.75) is 0 Å². The molecule has 0 saturated carbocycles. The molecular formula is C10H11BrFNO. The number of ether oxygens (including phenoxy) is 1. The highest BCUT2D eigenvalue weighted by molar-refractivity contribution is 9.10. The summed E-state index contributed by atoms with van der Waals surface area (Å²) in [6.45, 7) is 0.936. The van der Waals surface area contributed by atoms with Crippen LogP contribution in [0.5, 0.6) is 5.75 Å². The van der Waals surface area contributed by atoms with Crippen molar-refractivity contribution in [3.8, 4) is 5.75 Å². The van der Waals surface area contributed by atoms with E-state index in [1.165, 1.54) is 6.07 Å². The Morgan fingerprint density at radius 2 is 2.21 bits per heavy atom. The quantitative estimate of drug-likeness (QED) is 0.844. The Morgan fingerprint density at radius 1 is 1.43 bits per heavy atom. The van der Waals surface area contributed by atoms with Crippen molar-refractivity contribution in [2.75, 3.05) is 13.2 Å². The third-order valence-electron chi connectivity index (χ3n) is 1.54. The lowest BCUT2D eigenvalue weighted by Crippen LogP contribution is -1.97. The number of benzene rings is 1. The maximum atomic E-state index is 12.8. The first-order valence-electron chi connectivity index (χ1n) is 4.17.